The standard InChI is InChI=1S/C15H10Cl2F3N5O2S/c1-25-14(21-23-24-25)10-4-2-8(16)6-13(10)22-28(26,27)9-3-5-12(17)11(7-9)15(18,19)20/h2-7,22H,1H3. The van der Waals surface area contributed by atoms with Gasteiger partial charge < -0.3 is 0 Å². The molecule has 0 aliphatic rings. The molecule has 1 aromatic heterocycles. The molecular weight excluding hydrogens is 442 g/mol. The van der Waals surface area contributed by atoms with Crippen LogP contribution in [0.5, 0.6) is 0 Å². The van der Waals surface area contributed by atoms with Crippen LogP contribution in [0.2, 0.25) is 10.0 Å². The highest BCUT2D eigenvalue weighted by Gasteiger charge is 2.34. The molecule has 148 valence electrons. The van der Waals surface area contributed by atoms with E-state index in [-0.39, 0.29) is 22.1 Å². The topological polar surface area (TPSA) is 89.8 Å². The van der Waals surface area contributed by atoms with Gasteiger partial charge in [-0.25, -0.2) is 13.1 Å². The minimum Gasteiger partial charge on any atom is -0.279 e. The fraction of sp³-hybridized carbons (Fsp3) is 0.133. The van der Waals surface area contributed by atoms with Crippen LogP contribution in [0.15, 0.2) is 41.3 Å². The molecule has 0 unspecified atom stereocenters. The summed E-state index contributed by atoms with van der Waals surface area (Å²) in [4.78, 5) is -0.619. The summed E-state index contributed by atoms with van der Waals surface area (Å²) in [6.07, 6.45) is -4.81. The molecule has 1 N–H and O–H groups in total. The summed E-state index contributed by atoms with van der Waals surface area (Å²) in [7, 11) is -2.86. The molecule has 0 atom stereocenters. The Morgan fingerprint density at radius 3 is 2.43 bits per heavy atom. The Bertz CT molecular complexity index is 1150. The Morgan fingerprint density at radius 2 is 1.82 bits per heavy atom. The third-order valence-corrected chi connectivity index (χ3v) is 5.57. The summed E-state index contributed by atoms with van der Waals surface area (Å²) < 4.78 is 68.0. The molecule has 28 heavy (non-hydrogen) atoms. The molecular formula is C15H10Cl2F3N5O2S. The highest BCUT2D eigenvalue weighted by molar-refractivity contribution is 7.92. The molecule has 0 aliphatic heterocycles. The smallest absolute Gasteiger partial charge is 0.279 e. The van der Waals surface area contributed by atoms with Crippen molar-refractivity contribution in [3.8, 4) is 11.4 Å². The second-order valence-corrected chi connectivity index (χ2v) is 8.09. The molecule has 1 heterocycles. The van der Waals surface area contributed by atoms with Crippen LogP contribution in [0.1, 0.15) is 5.56 Å². The van der Waals surface area contributed by atoms with Gasteiger partial charge in [-0.3, -0.25) is 4.72 Å². The van der Waals surface area contributed by atoms with Crippen LogP contribution in [0.3, 0.4) is 0 Å². The molecule has 0 bridgehead atoms. The molecule has 0 saturated heterocycles. The van der Waals surface area contributed by atoms with Crippen molar-refractivity contribution < 1.29 is 21.6 Å². The van der Waals surface area contributed by atoms with E-state index in [0.717, 1.165) is 12.1 Å². The Labute approximate surface area is 167 Å². The summed E-state index contributed by atoms with van der Waals surface area (Å²) in [5, 5.41) is 10.5. The quantitative estimate of drug-likeness (QED) is 0.647. The van der Waals surface area contributed by atoms with E-state index in [1.807, 2.05) is 0 Å². The number of hydrogen-bond donors (Lipinski definition) is 1. The number of benzene rings is 2. The van der Waals surface area contributed by atoms with Gasteiger partial charge in [-0.1, -0.05) is 23.2 Å². The molecule has 0 amide bonds. The summed E-state index contributed by atoms with van der Waals surface area (Å²) >= 11 is 11.5. The van der Waals surface area contributed by atoms with Gasteiger partial charge in [0.2, 0.25) is 0 Å². The number of sulfonamides is 1. The summed E-state index contributed by atoms with van der Waals surface area (Å²) in [5.74, 6) is 0.224. The third-order valence-electron chi connectivity index (χ3n) is 3.64. The van der Waals surface area contributed by atoms with Crippen molar-refractivity contribution in [2.24, 2.45) is 7.05 Å². The first-order valence-corrected chi connectivity index (χ1v) is 9.65. The zero-order valence-electron chi connectivity index (χ0n) is 13.9. The number of anilines is 1. The molecule has 3 rings (SSSR count). The van der Waals surface area contributed by atoms with Crippen molar-refractivity contribution in [2.45, 2.75) is 11.1 Å². The summed E-state index contributed by atoms with van der Waals surface area (Å²) in [5.41, 5.74) is -0.986. The lowest BCUT2D eigenvalue weighted by atomic mass is 10.2. The van der Waals surface area contributed by atoms with Crippen molar-refractivity contribution in [1.82, 2.24) is 20.2 Å². The molecule has 3 aromatic rings. The van der Waals surface area contributed by atoms with E-state index in [1.54, 1.807) is 0 Å². The lowest BCUT2D eigenvalue weighted by molar-refractivity contribution is -0.137. The number of alkyl halides is 3. The number of hydrogen-bond acceptors (Lipinski definition) is 5. The van der Waals surface area contributed by atoms with E-state index in [9.17, 15) is 21.6 Å². The van der Waals surface area contributed by atoms with E-state index in [4.69, 9.17) is 23.2 Å². The van der Waals surface area contributed by atoms with Crippen molar-refractivity contribution >= 4 is 38.9 Å². The average molecular weight is 452 g/mol. The van der Waals surface area contributed by atoms with Crippen LogP contribution in [0, 0.1) is 0 Å². The first-order valence-electron chi connectivity index (χ1n) is 7.41. The molecule has 0 aliphatic carbocycles. The second kappa shape index (κ2) is 7.22. The molecule has 7 nitrogen and oxygen atoms in total. The number of tetrazole rings is 1. The van der Waals surface area contributed by atoms with Gasteiger partial charge in [0.25, 0.3) is 10.0 Å². The normalized spacial score (nSPS) is 12.2. The monoisotopic (exact) mass is 451 g/mol. The lowest BCUT2D eigenvalue weighted by Gasteiger charge is -2.14. The molecule has 0 spiro atoms. The fourth-order valence-corrected chi connectivity index (χ4v) is 3.84. The van der Waals surface area contributed by atoms with Gasteiger partial charge in [-0.2, -0.15) is 13.2 Å². The number of rotatable bonds is 4. The van der Waals surface area contributed by atoms with Gasteiger partial charge in [-0.05, 0) is 46.8 Å². The van der Waals surface area contributed by atoms with E-state index < -0.39 is 31.7 Å². The zero-order valence-corrected chi connectivity index (χ0v) is 16.2. The summed E-state index contributed by atoms with van der Waals surface area (Å²) in [6, 6.07) is 6.56. The predicted octanol–water partition coefficient (Wildman–Crippen LogP) is 4.00. The number of aromatic nitrogens is 4. The molecule has 0 fully saturated rings. The highest BCUT2D eigenvalue weighted by atomic mass is 35.5. The maximum atomic E-state index is 13.0. The number of nitrogens with one attached hydrogen (secondary N) is 1. The van der Waals surface area contributed by atoms with Crippen molar-refractivity contribution in [3.63, 3.8) is 0 Å². The fourth-order valence-electron chi connectivity index (χ4n) is 2.35. The summed E-state index contributed by atoms with van der Waals surface area (Å²) in [6.45, 7) is 0. The third kappa shape index (κ3) is 4.05. The lowest BCUT2D eigenvalue weighted by Crippen LogP contribution is -2.16. The highest BCUT2D eigenvalue weighted by Crippen LogP contribution is 2.37. The van der Waals surface area contributed by atoms with Gasteiger partial charge >= 0.3 is 6.18 Å². The maximum Gasteiger partial charge on any atom is 0.417 e. The Hall–Kier alpha value is -2.37. The van der Waals surface area contributed by atoms with Crippen LogP contribution < -0.4 is 4.72 Å². The zero-order chi connectivity index (χ0) is 20.7. The largest absolute Gasteiger partial charge is 0.417 e. The molecule has 2 aromatic carbocycles. The van der Waals surface area contributed by atoms with Crippen LogP contribution in [0.25, 0.3) is 11.4 Å². The molecule has 13 heteroatoms. The number of nitrogens with zero attached hydrogens (tertiary/aromatic N) is 4. The van der Waals surface area contributed by atoms with Gasteiger partial charge in [0.15, 0.2) is 5.82 Å². The Kier molecular flexibility index (Phi) is 5.26. The number of halogens is 5. The van der Waals surface area contributed by atoms with E-state index in [2.05, 4.69) is 20.2 Å². The van der Waals surface area contributed by atoms with E-state index in [1.165, 1.54) is 29.9 Å². The van der Waals surface area contributed by atoms with Crippen LogP contribution >= 0.6 is 23.2 Å². The number of aryl methyl sites for hydroxylation is 1. The van der Waals surface area contributed by atoms with Crippen molar-refractivity contribution in [1.29, 1.82) is 0 Å². The van der Waals surface area contributed by atoms with Crippen molar-refractivity contribution in [3.05, 3.63) is 52.0 Å². The minimum atomic E-state index is -4.81. The van der Waals surface area contributed by atoms with Crippen LogP contribution in [-0.2, 0) is 23.2 Å². The van der Waals surface area contributed by atoms with Crippen LogP contribution in [-0.4, -0.2) is 28.6 Å². The predicted molar refractivity (Wildman–Crippen MR) is 96.5 cm³/mol. The van der Waals surface area contributed by atoms with E-state index in [0.29, 0.717) is 6.07 Å². The first-order chi connectivity index (χ1) is 13.0. The minimum absolute atomic E-state index is 0.00564. The maximum absolute atomic E-state index is 13.0. The van der Waals surface area contributed by atoms with Gasteiger partial charge in [0, 0.05) is 17.6 Å². The molecule has 0 radical (unpaired) electrons. The van der Waals surface area contributed by atoms with Gasteiger partial charge in [0.1, 0.15) is 0 Å². The SMILES string of the molecule is Cn1nnnc1-c1ccc(Cl)cc1NS(=O)(=O)c1ccc(Cl)c(C(F)(F)F)c1. The Morgan fingerprint density at radius 1 is 1.11 bits per heavy atom. The Balaban J connectivity index is 2.07. The first kappa shape index (κ1) is 20.4. The average Bonchev–Trinajstić information content (AvgIpc) is 2.99. The second-order valence-electron chi connectivity index (χ2n) is 5.56. The molecule has 0 saturated carbocycles. The van der Waals surface area contributed by atoms with Crippen molar-refractivity contribution in [2.75, 3.05) is 4.72 Å². The van der Waals surface area contributed by atoms with Gasteiger partial charge in [0.05, 0.1) is 21.2 Å². The van der Waals surface area contributed by atoms with E-state index >= 15 is 0 Å². The van der Waals surface area contributed by atoms with Crippen LogP contribution in [0.4, 0.5) is 18.9 Å². The van der Waals surface area contributed by atoms with Gasteiger partial charge in [-0.15, -0.1) is 5.10 Å².